The van der Waals surface area contributed by atoms with Crippen LogP contribution in [0.3, 0.4) is 0 Å². The number of hydrogen-bond acceptors (Lipinski definition) is 3. The molecular weight excluding hydrogens is 234 g/mol. The minimum Gasteiger partial charge on any atom is -0.240 e. The Morgan fingerprint density at radius 1 is 1.25 bits per heavy atom. The zero-order valence-electron chi connectivity index (χ0n) is 8.94. The van der Waals surface area contributed by atoms with E-state index >= 15 is 0 Å². The standard InChI is InChI=1S/C13H13NS2/c15-7-13-14-12(8-16-13)11-5-4-9-2-1-3-10(9)6-11/h4-6,8,15H,1-3,7H2. The van der Waals surface area contributed by atoms with Crippen molar-refractivity contribution < 1.29 is 0 Å². The van der Waals surface area contributed by atoms with Crippen molar-refractivity contribution in [3.63, 3.8) is 0 Å². The molecule has 1 aliphatic rings. The van der Waals surface area contributed by atoms with Crippen LogP contribution in [0.1, 0.15) is 22.6 Å². The molecule has 0 saturated heterocycles. The van der Waals surface area contributed by atoms with Crippen molar-refractivity contribution >= 4 is 24.0 Å². The van der Waals surface area contributed by atoms with E-state index in [0.29, 0.717) is 0 Å². The first-order valence-corrected chi connectivity index (χ1v) is 7.05. The molecule has 16 heavy (non-hydrogen) atoms. The highest BCUT2D eigenvalue weighted by molar-refractivity contribution is 7.79. The van der Waals surface area contributed by atoms with Crippen LogP contribution in [0.25, 0.3) is 11.3 Å². The van der Waals surface area contributed by atoms with E-state index in [2.05, 4.69) is 41.2 Å². The lowest BCUT2D eigenvalue weighted by Gasteiger charge is -2.01. The number of thiol groups is 1. The topological polar surface area (TPSA) is 12.9 Å². The molecule has 1 aromatic heterocycles. The van der Waals surface area contributed by atoms with E-state index in [0.717, 1.165) is 16.5 Å². The van der Waals surface area contributed by atoms with Gasteiger partial charge in [-0.1, -0.05) is 12.1 Å². The average Bonchev–Trinajstić information content (AvgIpc) is 2.96. The third kappa shape index (κ3) is 1.78. The molecule has 0 unspecified atom stereocenters. The van der Waals surface area contributed by atoms with Gasteiger partial charge in [0, 0.05) is 16.7 Å². The van der Waals surface area contributed by atoms with Gasteiger partial charge in [0.2, 0.25) is 0 Å². The van der Waals surface area contributed by atoms with Crippen molar-refractivity contribution in [2.24, 2.45) is 0 Å². The second kappa shape index (κ2) is 4.22. The fraction of sp³-hybridized carbons (Fsp3) is 0.308. The van der Waals surface area contributed by atoms with E-state index in [1.54, 1.807) is 11.3 Å². The lowest BCUT2D eigenvalue weighted by atomic mass is 10.1. The summed E-state index contributed by atoms with van der Waals surface area (Å²) in [5.41, 5.74) is 5.39. The molecule has 0 amide bonds. The van der Waals surface area contributed by atoms with Gasteiger partial charge in [-0.2, -0.15) is 12.6 Å². The zero-order chi connectivity index (χ0) is 11.0. The zero-order valence-corrected chi connectivity index (χ0v) is 10.7. The number of nitrogens with zero attached hydrogens (tertiary/aromatic N) is 1. The third-order valence-electron chi connectivity index (χ3n) is 3.08. The van der Waals surface area contributed by atoms with E-state index < -0.39 is 0 Å². The Kier molecular flexibility index (Phi) is 2.74. The number of hydrogen-bond donors (Lipinski definition) is 1. The summed E-state index contributed by atoms with van der Waals surface area (Å²) in [6.07, 6.45) is 3.78. The van der Waals surface area contributed by atoms with Gasteiger partial charge in [0.25, 0.3) is 0 Å². The highest BCUT2D eigenvalue weighted by atomic mass is 32.1. The van der Waals surface area contributed by atoms with Crippen molar-refractivity contribution in [3.8, 4) is 11.3 Å². The first-order chi connectivity index (χ1) is 7.86. The van der Waals surface area contributed by atoms with Crippen molar-refractivity contribution in [1.82, 2.24) is 4.98 Å². The maximum absolute atomic E-state index is 4.57. The molecule has 0 aliphatic heterocycles. The van der Waals surface area contributed by atoms with Gasteiger partial charge in [-0.15, -0.1) is 11.3 Å². The molecule has 0 atom stereocenters. The molecule has 1 aromatic carbocycles. The van der Waals surface area contributed by atoms with Gasteiger partial charge < -0.3 is 0 Å². The molecule has 0 fully saturated rings. The Balaban J connectivity index is 2.00. The summed E-state index contributed by atoms with van der Waals surface area (Å²) in [7, 11) is 0. The average molecular weight is 247 g/mol. The summed E-state index contributed by atoms with van der Waals surface area (Å²) in [6, 6.07) is 6.76. The molecule has 1 aliphatic carbocycles. The normalized spacial score (nSPS) is 14.1. The molecule has 1 heterocycles. The molecule has 3 rings (SSSR count). The van der Waals surface area contributed by atoms with Gasteiger partial charge in [-0.3, -0.25) is 0 Å². The van der Waals surface area contributed by atoms with E-state index in [4.69, 9.17) is 0 Å². The van der Waals surface area contributed by atoms with Gasteiger partial charge in [-0.25, -0.2) is 4.98 Å². The van der Waals surface area contributed by atoms with Crippen LogP contribution in [-0.2, 0) is 18.6 Å². The lowest BCUT2D eigenvalue weighted by Crippen LogP contribution is -1.85. The molecule has 0 radical (unpaired) electrons. The number of aromatic nitrogens is 1. The Morgan fingerprint density at radius 3 is 2.94 bits per heavy atom. The molecule has 3 heteroatoms. The Hall–Kier alpha value is -0.800. The lowest BCUT2D eigenvalue weighted by molar-refractivity contribution is 0.912. The summed E-state index contributed by atoms with van der Waals surface area (Å²) < 4.78 is 0. The van der Waals surface area contributed by atoms with E-state index in [1.165, 1.54) is 36.0 Å². The van der Waals surface area contributed by atoms with Crippen LogP contribution in [0.5, 0.6) is 0 Å². The van der Waals surface area contributed by atoms with Crippen LogP contribution in [-0.4, -0.2) is 4.98 Å². The van der Waals surface area contributed by atoms with Gasteiger partial charge in [-0.05, 0) is 36.5 Å². The fourth-order valence-electron chi connectivity index (χ4n) is 2.25. The number of rotatable bonds is 2. The van der Waals surface area contributed by atoms with E-state index in [9.17, 15) is 0 Å². The van der Waals surface area contributed by atoms with Gasteiger partial charge in [0.05, 0.1) is 5.69 Å². The second-order valence-corrected chi connectivity index (χ2v) is 5.38. The molecule has 1 nitrogen and oxygen atoms in total. The summed E-state index contributed by atoms with van der Waals surface area (Å²) >= 11 is 5.94. The highest BCUT2D eigenvalue weighted by Gasteiger charge is 2.12. The highest BCUT2D eigenvalue weighted by Crippen LogP contribution is 2.28. The summed E-state index contributed by atoms with van der Waals surface area (Å²) in [5.74, 6) is 0.732. The van der Waals surface area contributed by atoms with Crippen LogP contribution in [0.15, 0.2) is 23.6 Å². The van der Waals surface area contributed by atoms with Crippen LogP contribution in [0.2, 0.25) is 0 Å². The van der Waals surface area contributed by atoms with E-state index in [-0.39, 0.29) is 0 Å². The van der Waals surface area contributed by atoms with Crippen LogP contribution in [0.4, 0.5) is 0 Å². The monoisotopic (exact) mass is 247 g/mol. The van der Waals surface area contributed by atoms with Crippen LogP contribution < -0.4 is 0 Å². The van der Waals surface area contributed by atoms with E-state index in [1.807, 2.05) is 0 Å². The Bertz CT molecular complexity index is 516. The summed E-state index contributed by atoms with van der Waals surface area (Å²) in [4.78, 5) is 4.57. The van der Waals surface area contributed by atoms with Crippen molar-refractivity contribution in [2.45, 2.75) is 25.0 Å². The molecular formula is C13H13NS2. The molecule has 2 aromatic rings. The van der Waals surface area contributed by atoms with Crippen molar-refractivity contribution in [1.29, 1.82) is 0 Å². The fourth-order valence-corrected chi connectivity index (χ4v) is 3.20. The van der Waals surface area contributed by atoms with Crippen LogP contribution in [0, 0.1) is 0 Å². The molecule has 0 spiro atoms. The van der Waals surface area contributed by atoms with Gasteiger partial charge in [0.1, 0.15) is 5.01 Å². The van der Waals surface area contributed by atoms with Crippen LogP contribution >= 0.6 is 24.0 Å². The molecule has 0 saturated carbocycles. The van der Waals surface area contributed by atoms with Crippen molar-refractivity contribution in [2.75, 3.05) is 0 Å². The maximum Gasteiger partial charge on any atom is 0.103 e. The SMILES string of the molecule is SCc1nc(-c2ccc3c(c2)CCC3)cs1. The Labute approximate surface area is 105 Å². The van der Waals surface area contributed by atoms with Gasteiger partial charge >= 0.3 is 0 Å². The minimum absolute atomic E-state index is 0.732. The molecule has 82 valence electrons. The third-order valence-corrected chi connectivity index (χ3v) is 4.44. The number of fused-ring (bicyclic) bond motifs is 1. The number of thiazole rings is 1. The van der Waals surface area contributed by atoms with Crippen molar-refractivity contribution in [3.05, 3.63) is 39.7 Å². The number of aryl methyl sites for hydroxylation is 2. The first kappa shape index (κ1) is 10.4. The predicted molar refractivity (Wildman–Crippen MR) is 72.3 cm³/mol. The second-order valence-electron chi connectivity index (χ2n) is 4.12. The predicted octanol–water partition coefficient (Wildman–Crippen LogP) is 3.73. The first-order valence-electron chi connectivity index (χ1n) is 5.54. The number of benzene rings is 1. The smallest absolute Gasteiger partial charge is 0.103 e. The summed E-state index contributed by atoms with van der Waals surface area (Å²) in [5, 5.41) is 3.22. The molecule has 0 bridgehead atoms. The maximum atomic E-state index is 4.57. The molecule has 0 N–H and O–H groups in total. The largest absolute Gasteiger partial charge is 0.240 e. The Morgan fingerprint density at radius 2 is 2.12 bits per heavy atom. The minimum atomic E-state index is 0.732. The summed E-state index contributed by atoms with van der Waals surface area (Å²) in [6.45, 7) is 0. The quantitative estimate of drug-likeness (QED) is 0.798. The van der Waals surface area contributed by atoms with Gasteiger partial charge in [0.15, 0.2) is 0 Å².